The molecule has 0 unspecified atom stereocenters. The van der Waals surface area contributed by atoms with Crippen molar-refractivity contribution >= 4 is 15.7 Å². The summed E-state index contributed by atoms with van der Waals surface area (Å²) >= 11 is 0. The third-order valence-corrected chi connectivity index (χ3v) is 5.39. The summed E-state index contributed by atoms with van der Waals surface area (Å²) in [5, 5.41) is 9.47. The van der Waals surface area contributed by atoms with Crippen LogP contribution in [0, 0.1) is 0 Å². The topological polar surface area (TPSA) is 92.4 Å². The first-order valence-electron chi connectivity index (χ1n) is 6.87. The van der Waals surface area contributed by atoms with Gasteiger partial charge in [-0.25, -0.2) is 13.1 Å². The van der Waals surface area contributed by atoms with Gasteiger partial charge in [0.05, 0.1) is 17.0 Å². The maximum atomic E-state index is 12.4. The minimum Gasteiger partial charge on any atom is -0.398 e. The number of nitrogen functional groups attached to an aromatic ring is 1. The Bertz CT molecular complexity index is 543. The number of nitrogens with two attached hydrogens (primary N) is 1. The average molecular weight is 300 g/mol. The Balaban J connectivity index is 3.14. The molecular weight excluding hydrogens is 276 g/mol. The molecule has 6 heteroatoms. The van der Waals surface area contributed by atoms with E-state index in [1.807, 2.05) is 20.8 Å². The molecule has 0 heterocycles. The number of aryl methyl sites for hydroxylation is 1. The molecule has 0 aromatic heterocycles. The van der Waals surface area contributed by atoms with Gasteiger partial charge in [0.1, 0.15) is 0 Å². The molecule has 4 N–H and O–H groups in total. The predicted octanol–water partition coefficient (Wildman–Crippen LogP) is 1.66. The summed E-state index contributed by atoms with van der Waals surface area (Å²) in [5.74, 6) is 0. The number of hydrogen-bond donors (Lipinski definition) is 3. The molecule has 1 aromatic rings. The molecule has 0 fully saturated rings. The largest absolute Gasteiger partial charge is 0.398 e. The van der Waals surface area contributed by atoms with Crippen LogP contribution in [0.3, 0.4) is 0 Å². The summed E-state index contributed by atoms with van der Waals surface area (Å²) in [6.07, 6.45) is 1.79. The summed E-state index contributed by atoms with van der Waals surface area (Å²) in [4.78, 5) is 0.131. The van der Waals surface area contributed by atoms with E-state index >= 15 is 0 Å². The lowest BCUT2D eigenvalue weighted by Gasteiger charge is -2.30. The zero-order chi connectivity index (χ0) is 15.4. The van der Waals surface area contributed by atoms with Crippen molar-refractivity contribution in [3.8, 4) is 0 Å². The van der Waals surface area contributed by atoms with Crippen LogP contribution in [0.25, 0.3) is 0 Å². The predicted molar refractivity (Wildman–Crippen MR) is 81.0 cm³/mol. The highest BCUT2D eigenvalue weighted by Gasteiger charge is 2.31. The lowest BCUT2D eigenvalue weighted by molar-refractivity contribution is 0.172. The average Bonchev–Trinajstić information content (AvgIpc) is 2.44. The zero-order valence-electron chi connectivity index (χ0n) is 12.3. The summed E-state index contributed by atoms with van der Waals surface area (Å²) < 4.78 is 27.4. The van der Waals surface area contributed by atoms with Crippen LogP contribution in [0.15, 0.2) is 23.1 Å². The molecule has 0 aliphatic rings. The maximum absolute atomic E-state index is 12.4. The quantitative estimate of drug-likeness (QED) is 0.668. The molecule has 0 spiro atoms. The number of nitrogens with one attached hydrogen (secondary N) is 1. The molecule has 0 bridgehead atoms. The van der Waals surface area contributed by atoms with Crippen molar-refractivity contribution in [2.24, 2.45) is 0 Å². The minimum absolute atomic E-state index is 0.131. The number of hydrogen-bond acceptors (Lipinski definition) is 4. The van der Waals surface area contributed by atoms with E-state index in [0.717, 1.165) is 12.0 Å². The SMILES string of the molecule is CCc1ccc(S(=O)(=O)NC(CC)(CC)CO)cc1N. The van der Waals surface area contributed by atoms with E-state index < -0.39 is 15.6 Å². The van der Waals surface area contributed by atoms with Gasteiger partial charge in [-0.05, 0) is 37.0 Å². The summed E-state index contributed by atoms with van der Waals surface area (Å²) in [6.45, 7) is 5.42. The zero-order valence-corrected chi connectivity index (χ0v) is 13.1. The first-order chi connectivity index (χ1) is 9.34. The van der Waals surface area contributed by atoms with Gasteiger partial charge in [0.2, 0.25) is 10.0 Å². The van der Waals surface area contributed by atoms with Crippen LogP contribution in [0.5, 0.6) is 0 Å². The second-order valence-corrected chi connectivity index (χ2v) is 6.65. The molecule has 0 aliphatic carbocycles. The number of sulfonamides is 1. The van der Waals surface area contributed by atoms with E-state index in [-0.39, 0.29) is 11.5 Å². The second kappa shape index (κ2) is 6.56. The van der Waals surface area contributed by atoms with Crippen LogP contribution in [0.2, 0.25) is 0 Å². The normalized spacial score (nSPS) is 12.6. The molecule has 0 atom stereocenters. The van der Waals surface area contributed by atoms with Crippen molar-refractivity contribution in [1.82, 2.24) is 4.72 Å². The summed E-state index contributed by atoms with van der Waals surface area (Å²) in [5.41, 5.74) is 6.42. The molecule has 5 nitrogen and oxygen atoms in total. The Kier molecular flexibility index (Phi) is 5.56. The van der Waals surface area contributed by atoms with Gasteiger partial charge in [-0.1, -0.05) is 26.8 Å². The molecule has 20 heavy (non-hydrogen) atoms. The number of anilines is 1. The van der Waals surface area contributed by atoms with Crippen molar-refractivity contribution in [3.63, 3.8) is 0 Å². The molecule has 1 rings (SSSR count). The van der Waals surface area contributed by atoms with E-state index in [1.165, 1.54) is 6.07 Å². The third kappa shape index (κ3) is 3.50. The van der Waals surface area contributed by atoms with Crippen LogP contribution in [-0.2, 0) is 16.4 Å². The van der Waals surface area contributed by atoms with Crippen molar-refractivity contribution in [2.45, 2.75) is 50.5 Å². The van der Waals surface area contributed by atoms with Crippen LogP contribution in [-0.4, -0.2) is 25.7 Å². The highest BCUT2D eigenvalue weighted by atomic mass is 32.2. The Hall–Kier alpha value is -1.11. The Labute approximate surface area is 121 Å². The molecule has 0 aliphatic heterocycles. The van der Waals surface area contributed by atoms with Crippen LogP contribution in [0.4, 0.5) is 5.69 Å². The summed E-state index contributed by atoms with van der Waals surface area (Å²) in [6, 6.07) is 4.74. The smallest absolute Gasteiger partial charge is 0.241 e. The first kappa shape index (κ1) is 16.9. The van der Waals surface area contributed by atoms with Gasteiger partial charge in [0, 0.05) is 5.69 Å². The Morgan fingerprint density at radius 2 is 1.85 bits per heavy atom. The Morgan fingerprint density at radius 3 is 2.25 bits per heavy atom. The van der Waals surface area contributed by atoms with Crippen LogP contribution in [0.1, 0.15) is 39.2 Å². The molecule has 0 radical (unpaired) electrons. The number of rotatable bonds is 7. The summed E-state index contributed by atoms with van der Waals surface area (Å²) in [7, 11) is -3.69. The van der Waals surface area contributed by atoms with E-state index in [2.05, 4.69) is 4.72 Å². The van der Waals surface area contributed by atoms with Crippen molar-refractivity contribution in [3.05, 3.63) is 23.8 Å². The molecular formula is C14H24N2O3S. The first-order valence-corrected chi connectivity index (χ1v) is 8.35. The molecule has 1 aromatic carbocycles. The van der Waals surface area contributed by atoms with E-state index in [0.29, 0.717) is 18.5 Å². The van der Waals surface area contributed by atoms with Gasteiger partial charge in [0.15, 0.2) is 0 Å². The number of benzene rings is 1. The highest BCUT2D eigenvalue weighted by molar-refractivity contribution is 7.89. The molecule has 0 saturated carbocycles. The third-order valence-electron chi connectivity index (χ3n) is 3.82. The van der Waals surface area contributed by atoms with Gasteiger partial charge >= 0.3 is 0 Å². The van der Waals surface area contributed by atoms with Gasteiger partial charge in [0.25, 0.3) is 0 Å². The van der Waals surface area contributed by atoms with Crippen molar-refractivity contribution < 1.29 is 13.5 Å². The van der Waals surface area contributed by atoms with Crippen LogP contribution < -0.4 is 10.5 Å². The fraction of sp³-hybridized carbons (Fsp3) is 0.571. The second-order valence-electron chi connectivity index (χ2n) is 4.97. The Morgan fingerprint density at radius 1 is 1.25 bits per heavy atom. The molecule has 0 saturated heterocycles. The van der Waals surface area contributed by atoms with E-state index in [9.17, 15) is 13.5 Å². The van der Waals surface area contributed by atoms with E-state index in [4.69, 9.17) is 5.73 Å². The number of aliphatic hydroxyl groups is 1. The van der Waals surface area contributed by atoms with Crippen molar-refractivity contribution in [2.75, 3.05) is 12.3 Å². The molecule has 114 valence electrons. The van der Waals surface area contributed by atoms with Crippen LogP contribution >= 0.6 is 0 Å². The van der Waals surface area contributed by atoms with E-state index in [1.54, 1.807) is 12.1 Å². The molecule has 0 amide bonds. The standard InChI is InChI=1S/C14H24N2O3S/c1-4-11-7-8-12(9-13(11)15)20(18,19)16-14(5-2,6-3)10-17/h7-9,16-17H,4-6,10,15H2,1-3H3. The fourth-order valence-corrected chi connectivity index (χ4v) is 3.63. The van der Waals surface area contributed by atoms with Gasteiger partial charge < -0.3 is 10.8 Å². The van der Waals surface area contributed by atoms with Gasteiger partial charge in [-0.3, -0.25) is 0 Å². The van der Waals surface area contributed by atoms with Gasteiger partial charge in [-0.2, -0.15) is 0 Å². The lowest BCUT2D eigenvalue weighted by Crippen LogP contribution is -2.50. The lowest BCUT2D eigenvalue weighted by atomic mass is 9.96. The maximum Gasteiger partial charge on any atom is 0.241 e. The monoisotopic (exact) mass is 300 g/mol. The number of aliphatic hydroxyl groups excluding tert-OH is 1. The van der Waals surface area contributed by atoms with Gasteiger partial charge in [-0.15, -0.1) is 0 Å². The highest BCUT2D eigenvalue weighted by Crippen LogP contribution is 2.22. The van der Waals surface area contributed by atoms with Crippen molar-refractivity contribution in [1.29, 1.82) is 0 Å². The fourth-order valence-electron chi connectivity index (χ4n) is 2.06. The minimum atomic E-state index is -3.69.